The van der Waals surface area contributed by atoms with E-state index >= 15 is 0 Å². The second-order valence-corrected chi connectivity index (χ2v) is 7.09. The van der Waals surface area contributed by atoms with Crippen LogP contribution in [0.4, 0.5) is 10.8 Å². The van der Waals surface area contributed by atoms with E-state index in [1.165, 1.54) is 11.3 Å². The van der Waals surface area contributed by atoms with Gasteiger partial charge in [0.05, 0.1) is 18.4 Å². The highest BCUT2D eigenvalue weighted by Crippen LogP contribution is 2.33. The van der Waals surface area contributed by atoms with Gasteiger partial charge in [0.2, 0.25) is 5.91 Å². The number of thiazole rings is 1. The normalized spacial score (nSPS) is 10.7. The zero-order chi connectivity index (χ0) is 18.0. The molecule has 0 aliphatic heterocycles. The predicted octanol–water partition coefficient (Wildman–Crippen LogP) is 4.34. The maximum Gasteiger partial charge on any atom is 0.243 e. The quantitative estimate of drug-likeness (QED) is 0.720. The summed E-state index contributed by atoms with van der Waals surface area (Å²) in [6, 6.07) is 11.2. The number of para-hydroxylation sites is 1. The molecule has 1 heterocycles. The molecule has 1 aromatic heterocycles. The summed E-state index contributed by atoms with van der Waals surface area (Å²) in [4.78, 5) is 18.7. The first-order valence-electron chi connectivity index (χ1n) is 7.68. The maximum absolute atomic E-state index is 12.3. The number of aryl methyl sites for hydroxylation is 1. The highest BCUT2D eigenvalue weighted by Gasteiger charge is 2.14. The number of hydrogen-bond acceptors (Lipinski definition) is 5. The highest BCUT2D eigenvalue weighted by atomic mass is 35.5. The lowest BCUT2D eigenvalue weighted by Crippen LogP contribution is -2.29. The van der Waals surface area contributed by atoms with Gasteiger partial charge in [0.15, 0.2) is 5.13 Å². The lowest BCUT2D eigenvalue weighted by atomic mass is 10.2. The fraction of sp³-hybridized carbons (Fsp3) is 0.222. The Bertz CT molecular complexity index is 926. The number of hydrogen-bond donors (Lipinski definition) is 1. The standard InChI is InChI=1S/C18H18ClN3O2S/c1-11-7-8-12(9-13(11)19)20-16(23)10-22(2)18-21-17-14(24-3)5-4-6-15(17)25-18/h4-9H,10H2,1-3H3,(H,20,23). The largest absolute Gasteiger partial charge is 0.494 e. The van der Waals surface area contributed by atoms with Gasteiger partial charge in [0.25, 0.3) is 0 Å². The minimum atomic E-state index is -0.131. The van der Waals surface area contributed by atoms with Crippen molar-refractivity contribution in [2.45, 2.75) is 6.92 Å². The van der Waals surface area contributed by atoms with E-state index in [9.17, 15) is 4.79 Å². The summed E-state index contributed by atoms with van der Waals surface area (Å²) in [6.07, 6.45) is 0. The van der Waals surface area contributed by atoms with Gasteiger partial charge < -0.3 is 15.0 Å². The van der Waals surface area contributed by atoms with Crippen molar-refractivity contribution in [2.24, 2.45) is 0 Å². The van der Waals surface area contributed by atoms with Crippen LogP contribution in [0.3, 0.4) is 0 Å². The van der Waals surface area contributed by atoms with Gasteiger partial charge in [-0.25, -0.2) is 4.98 Å². The summed E-state index contributed by atoms with van der Waals surface area (Å²) in [5.41, 5.74) is 2.46. The number of halogens is 1. The number of aromatic nitrogens is 1. The van der Waals surface area contributed by atoms with Crippen molar-refractivity contribution in [2.75, 3.05) is 30.9 Å². The number of benzene rings is 2. The Morgan fingerprint density at radius 2 is 2.16 bits per heavy atom. The predicted molar refractivity (Wildman–Crippen MR) is 104 cm³/mol. The average molecular weight is 376 g/mol. The molecule has 3 aromatic rings. The van der Waals surface area contributed by atoms with E-state index in [1.807, 2.05) is 49.2 Å². The molecule has 2 aromatic carbocycles. The van der Waals surface area contributed by atoms with Gasteiger partial charge in [-0.1, -0.05) is 35.1 Å². The molecule has 0 saturated heterocycles. The molecule has 0 saturated carbocycles. The smallest absolute Gasteiger partial charge is 0.243 e. The molecule has 5 nitrogen and oxygen atoms in total. The summed E-state index contributed by atoms with van der Waals surface area (Å²) in [7, 11) is 3.46. The molecule has 0 bridgehead atoms. The van der Waals surface area contributed by atoms with Crippen LogP contribution in [-0.4, -0.2) is 31.6 Å². The molecule has 0 radical (unpaired) electrons. The Morgan fingerprint density at radius 1 is 1.36 bits per heavy atom. The van der Waals surface area contributed by atoms with E-state index in [-0.39, 0.29) is 12.5 Å². The summed E-state index contributed by atoms with van der Waals surface area (Å²) in [6.45, 7) is 2.11. The molecule has 1 amide bonds. The minimum absolute atomic E-state index is 0.131. The molecule has 0 atom stereocenters. The molecule has 7 heteroatoms. The molecular weight excluding hydrogens is 358 g/mol. The third-order valence-electron chi connectivity index (χ3n) is 3.75. The Hall–Kier alpha value is -2.31. The number of amides is 1. The first kappa shape index (κ1) is 17.5. The molecule has 130 valence electrons. The summed E-state index contributed by atoms with van der Waals surface area (Å²) in [5.74, 6) is 0.598. The lowest BCUT2D eigenvalue weighted by Gasteiger charge is -2.15. The molecule has 1 N–H and O–H groups in total. The number of likely N-dealkylation sites (N-methyl/N-ethyl adjacent to an activating group) is 1. The van der Waals surface area contributed by atoms with Gasteiger partial charge in [0, 0.05) is 17.8 Å². The number of methoxy groups -OCH3 is 1. The molecular formula is C18H18ClN3O2S. The Balaban J connectivity index is 1.72. The van der Waals surface area contributed by atoms with Crippen LogP contribution in [0.1, 0.15) is 5.56 Å². The van der Waals surface area contributed by atoms with Crippen LogP contribution in [0, 0.1) is 6.92 Å². The van der Waals surface area contributed by atoms with Crippen LogP contribution in [0.5, 0.6) is 5.75 Å². The number of nitrogens with zero attached hydrogens (tertiary/aromatic N) is 2. The van der Waals surface area contributed by atoms with Crippen LogP contribution in [0.25, 0.3) is 10.2 Å². The number of rotatable bonds is 5. The second-order valence-electron chi connectivity index (χ2n) is 5.67. The molecule has 0 fully saturated rings. The maximum atomic E-state index is 12.3. The highest BCUT2D eigenvalue weighted by molar-refractivity contribution is 7.22. The SMILES string of the molecule is COc1cccc2sc(N(C)CC(=O)Nc3ccc(C)c(Cl)c3)nc12. The van der Waals surface area contributed by atoms with Gasteiger partial charge in [-0.3, -0.25) is 4.79 Å². The van der Waals surface area contributed by atoms with Crippen LogP contribution in [0.15, 0.2) is 36.4 Å². The summed E-state index contributed by atoms with van der Waals surface area (Å²) in [5, 5.41) is 4.24. The van der Waals surface area contributed by atoms with Crippen molar-refractivity contribution >= 4 is 49.9 Å². The van der Waals surface area contributed by atoms with Gasteiger partial charge in [0.1, 0.15) is 11.3 Å². The lowest BCUT2D eigenvalue weighted by molar-refractivity contribution is -0.114. The number of fused-ring (bicyclic) bond motifs is 1. The number of nitrogens with one attached hydrogen (secondary N) is 1. The van der Waals surface area contributed by atoms with E-state index in [0.717, 1.165) is 26.7 Å². The third kappa shape index (κ3) is 3.86. The van der Waals surface area contributed by atoms with E-state index in [4.69, 9.17) is 16.3 Å². The first-order valence-corrected chi connectivity index (χ1v) is 8.88. The van der Waals surface area contributed by atoms with E-state index in [2.05, 4.69) is 10.3 Å². The fourth-order valence-electron chi connectivity index (χ4n) is 2.39. The minimum Gasteiger partial charge on any atom is -0.494 e. The number of carbonyl (C=O) groups excluding carboxylic acids is 1. The van der Waals surface area contributed by atoms with Gasteiger partial charge in [-0.2, -0.15) is 0 Å². The monoisotopic (exact) mass is 375 g/mol. The van der Waals surface area contributed by atoms with E-state index in [0.29, 0.717) is 10.7 Å². The summed E-state index contributed by atoms with van der Waals surface area (Å²) >= 11 is 7.61. The molecule has 0 unspecified atom stereocenters. The van der Waals surface area contributed by atoms with Gasteiger partial charge >= 0.3 is 0 Å². The molecule has 0 aliphatic rings. The van der Waals surface area contributed by atoms with E-state index in [1.54, 1.807) is 13.2 Å². The topological polar surface area (TPSA) is 54.5 Å². The Morgan fingerprint density at radius 3 is 2.88 bits per heavy atom. The van der Waals surface area contributed by atoms with Crippen molar-refractivity contribution < 1.29 is 9.53 Å². The van der Waals surface area contributed by atoms with Crippen molar-refractivity contribution in [3.63, 3.8) is 0 Å². The van der Waals surface area contributed by atoms with Gasteiger partial charge in [-0.15, -0.1) is 0 Å². The third-order valence-corrected chi connectivity index (χ3v) is 5.30. The van der Waals surface area contributed by atoms with Crippen molar-refractivity contribution in [1.82, 2.24) is 4.98 Å². The Kier molecular flexibility index (Phi) is 5.11. The molecule has 0 spiro atoms. The zero-order valence-electron chi connectivity index (χ0n) is 14.2. The molecule has 25 heavy (non-hydrogen) atoms. The zero-order valence-corrected chi connectivity index (χ0v) is 15.7. The summed E-state index contributed by atoms with van der Waals surface area (Å²) < 4.78 is 6.36. The van der Waals surface area contributed by atoms with Crippen LogP contribution in [0.2, 0.25) is 5.02 Å². The van der Waals surface area contributed by atoms with Crippen LogP contribution >= 0.6 is 22.9 Å². The van der Waals surface area contributed by atoms with E-state index < -0.39 is 0 Å². The van der Waals surface area contributed by atoms with Crippen molar-refractivity contribution in [3.8, 4) is 5.75 Å². The number of ether oxygens (including phenoxy) is 1. The van der Waals surface area contributed by atoms with Gasteiger partial charge in [-0.05, 0) is 36.8 Å². The van der Waals surface area contributed by atoms with Crippen LogP contribution < -0.4 is 15.0 Å². The first-order chi connectivity index (χ1) is 12.0. The molecule has 0 aliphatic carbocycles. The number of anilines is 2. The Labute approximate surface area is 155 Å². The van der Waals surface area contributed by atoms with Crippen molar-refractivity contribution in [3.05, 3.63) is 47.0 Å². The average Bonchev–Trinajstić information content (AvgIpc) is 3.02. The fourth-order valence-corrected chi connectivity index (χ4v) is 3.52. The number of carbonyl (C=O) groups is 1. The second kappa shape index (κ2) is 7.29. The molecule has 3 rings (SSSR count). The van der Waals surface area contributed by atoms with Crippen LogP contribution in [-0.2, 0) is 4.79 Å². The van der Waals surface area contributed by atoms with Crippen molar-refractivity contribution in [1.29, 1.82) is 0 Å².